The minimum absolute atomic E-state index is 0.200. The van der Waals surface area contributed by atoms with Gasteiger partial charge in [-0.3, -0.25) is 14.9 Å². The van der Waals surface area contributed by atoms with Crippen molar-refractivity contribution in [3.63, 3.8) is 0 Å². The van der Waals surface area contributed by atoms with Gasteiger partial charge in [-0.2, -0.15) is 0 Å². The van der Waals surface area contributed by atoms with Crippen molar-refractivity contribution in [1.82, 2.24) is 10.2 Å². The van der Waals surface area contributed by atoms with Gasteiger partial charge in [-0.05, 0) is 61.1 Å². The van der Waals surface area contributed by atoms with Gasteiger partial charge in [0, 0.05) is 49.5 Å². The number of hydrogen-bond donors (Lipinski definition) is 2. The Balaban J connectivity index is 1.52. The van der Waals surface area contributed by atoms with Crippen molar-refractivity contribution in [2.75, 3.05) is 50.6 Å². The highest BCUT2D eigenvalue weighted by molar-refractivity contribution is 7.80. The van der Waals surface area contributed by atoms with Gasteiger partial charge in [0.2, 0.25) is 5.91 Å². The van der Waals surface area contributed by atoms with Crippen molar-refractivity contribution in [3.05, 3.63) is 48.0 Å². The number of rotatable bonds is 7. The Labute approximate surface area is 199 Å². The predicted molar refractivity (Wildman–Crippen MR) is 133 cm³/mol. The van der Waals surface area contributed by atoms with Gasteiger partial charge in [-0.25, -0.2) is 0 Å². The molecule has 1 saturated heterocycles. The third-order valence-corrected chi connectivity index (χ3v) is 5.66. The molecular weight excluding hydrogens is 440 g/mol. The van der Waals surface area contributed by atoms with Crippen LogP contribution in [0.1, 0.15) is 30.1 Å². The highest BCUT2D eigenvalue weighted by atomic mass is 32.1. The number of carbonyl (C=O) groups is 2. The maximum absolute atomic E-state index is 12.5. The van der Waals surface area contributed by atoms with Crippen LogP contribution in [0.25, 0.3) is 0 Å². The van der Waals surface area contributed by atoms with Gasteiger partial charge in [0.15, 0.2) is 16.6 Å². The minimum atomic E-state index is -0.347. The number of methoxy groups -OCH3 is 2. The van der Waals surface area contributed by atoms with Crippen LogP contribution in [-0.4, -0.2) is 62.2 Å². The summed E-state index contributed by atoms with van der Waals surface area (Å²) in [6.45, 7) is 5.12. The topological polar surface area (TPSA) is 83.1 Å². The molecule has 9 heteroatoms. The molecule has 0 spiro atoms. The molecule has 0 aliphatic carbocycles. The number of ether oxygens (including phenoxy) is 2. The zero-order chi connectivity index (χ0) is 23.8. The molecule has 0 saturated carbocycles. The number of carbonyl (C=O) groups excluding carboxylic acids is 2. The SMILES string of the molecule is CCCC(=O)N1CCN(c2ccc(NC(=S)NC(=O)c3ccc(OC)c(OC)c3)cc2)CC1. The van der Waals surface area contributed by atoms with Crippen LogP contribution >= 0.6 is 12.2 Å². The van der Waals surface area contributed by atoms with E-state index in [0.717, 1.165) is 44.0 Å². The van der Waals surface area contributed by atoms with Gasteiger partial charge in [-0.1, -0.05) is 6.92 Å². The van der Waals surface area contributed by atoms with Gasteiger partial charge in [0.1, 0.15) is 0 Å². The molecule has 1 fully saturated rings. The first-order valence-corrected chi connectivity index (χ1v) is 11.3. The van der Waals surface area contributed by atoms with Crippen molar-refractivity contribution in [2.45, 2.75) is 19.8 Å². The first-order valence-electron chi connectivity index (χ1n) is 10.9. The lowest BCUT2D eigenvalue weighted by Gasteiger charge is -2.36. The second-order valence-corrected chi connectivity index (χ2v) is 8.05. The van der Waals surface area contributed by atoms with Crippen LogP contribution in [0.3, 0.4) is 0 Å². The lowest BCUT2D eigenvalue weighted by Crippen LogP contribution is -2.48. The molecule has 1 aliphatic rings. The highest BCUT2D eigenvalue weighted by Crippen LogP contribution is 2.27. The molecule has 2 N–H and O–H groups in total. The summed E-state index contributed by atoms with van der Waals surface area (Å²) in [5.41, 5.74) is 2.26. The van der Waals surface area contributed by atoms with Crippen LogP contribution in [-0.2, 0) is 4.79 Å². The molecule has 2 aromatic rings. The van der Waals surface area contributed by atoms with E-state index in [4.69, 9.17) is 21.7 Å². The molecule has 0 radical (unpaired) electrons. The van der Waals surface area contributed by atoms with Crippen molar-refractivity contribution in [3.8, 4) is 11.5 Å². The van der Waals surface area contributed by atoms with Crippen LogP contribution in [0.5, 0.6) is 11.5 Å². The first kappa shape index (κ1) is 24.3. The van der Waals surface area contributed by atoms with E-state index in [1.165, 1.54) is 14.2 Å². The van der Waals surface area contributed by atoms with Crippen molar-refractivity contribution in [1.29, 1.82) is 0 Å². The van der Waals surface area contributed by atoms with Crippen molar-refractivity contribution < 1.29 is 19.1 Å². The van der Waals surface area contributed by atoms with Crippen LogP contribution in [0.4, 0.5) is 11.4 Å². The van der Waals surface area contributed by atoms with E-state index in [-0.39, 0.29) is 16.9 Å². The van der Waals surface area contributed by atoms with Gasteiger partial charge < -0.3 is 24.6 Å². The Hall–Kier alpha value is -3.33. The molecule has 2 amide bonds. The Morgan fingerprint density at radius 1 is 0.970 bits per heavy atom. The quantitative estimate of drug-likeness (QED) is 0.601. The van der Waals surface area contributed by atoms with E-state index in [9.17, 15) is 9.59 Å². The fourth-order valence-electron chi connectivity index (χ4n) is 3.66. The molecule has 0 atom stereocenters. The molecule has 2 aromatic carbocycles. The molecule has 0 unspecified atom stereocenters. The summed E-state index contributed by atoms with van der Waals surface area (Å²) in [6.07, 6.45) is 1.49. The first-order chi connectivity index (χ1) is 15.9. The zero-order valence-corrected chi connectivity index (χ0v) is 20.0. The third-order valence-electron chi connectivity index (χ3n) is 5.46. The highest BCUT2D eigenvalue weighted by Gasteiger charge is 2.20. The summed E-state index contributed by atoms with van der Waals surface area (Å²) >= 11 is 5.29. The third kappa shape index (κ3) is 6.35. The lowest BCUT2D eigenvalue weighted by atomic mass is 10.2. The van der Waals surface area contributed by atoms with Crippen LogP contribution in [0, 0.1) is 0 Å². The van der Waals surface area contributed by atoms with Gasteiger partial charge in [0.05, 0.1) is 14.2 Å². The largest absolute Gasteiger partial charge is 0.493 e. The van der Waals surface area contributed by atoms with Gasteiger partial charge in [0.25, 0.3) is 5.91 Å². The molecule has 1 aliphatic heterocycles. The normalized spacial score (nSPS) is 13.3. The molecule has 1 heterocycles. The second kappa shape index (κ2) is 11.5. The van der Waals surface area contributed by atoms with Crippen LogP contribution in [0.2, 0.25) is 0 Å². The Morgan fingerprint density at radius 2 is 1.64 bits per heavy atom. The van der Waals surface area contributed by atoms with Gasteiger partial charge in [-0.15, -0.1) is 0 Å². The summed E-state index contributed by atoms with van der Waals surface area (Å²) < 4.78 is 10.4. The Kier molecular flexibility index (Phi) is 8.48. The number of amides is 2. The summed E-state index contributed by atoms with van der Waals surface area (Å²) in [6, 6.07) is 12.8. The summed E-state index contributed by atoms with van der Waals surface area (Å²) in [5.74, 6) is 0.903. The van der Waals surface area contributed by atoms with Crippen molar-refractivity contribution in [2.24, 2.45) is 0 Å². The number of thiocarbonyl (C=S) groups is 1. The van der Waals surface area contributed by atoms with E-state index < -0.39 is 0 Å². The Morgan fingerprint density at radius 3 is 2.24 bits per heavy atom. The number of benzene rings is 2. The van der Waals surface area contributed by atoms with Crippen LogP contribution in [0.15, 0.2) is 42.5 Å². The average molecular weight is 471 g/mol. The predicted octanol–water partition coefficient (Wildman–Crippen LogP) is 3.28. The molecule has 0 aromatic heterocycles. The minimum Gasteiger partial charge on any atom is -0.493 e. The van der Waals surface area contributed by atoms with Crippen molar-refractivity contribution >= 4 is 40.5 Å². The monoisotopic (exact) mass is 470 g/mol. The van der Waals surface area contributed by atoms with Gasteiger partial charge >= 0.3 is 0 Å². The standard InChI is InChI=1S/C24H30N4O4S/c1-4-5-22(29)28-14-12-27(13-15-28)19-9-7-18(8-10-19)25-24(33)26-23(30)17-6-11-20(31-2)21(16-17)32-3/h6-11,16H,4-5,12-15H2,1-3H3,(H2,25,26,30,33). The summed E-state index contributed by atoms with van der Waals surface area (Å²) in [7, 11) is 3.05. The number of anilines is 2. The van der Waals surface area contributed by atoms with E-state index in [1.807, 2.05) is 36.1 Å². The van der Waals surface area contributed by atoms with E-state index in [1.54, 1.807) is 18.2 Å². The maximum Gasteiger partial charge on any atom is 0.257 e. The van der Waals surface area contributed by atoms with E-state index >= 15 is 0 Å². The van der Waals surface area contributed by atoms with E-state index in [0.29, 0.717) is 23.5 Å². The van der Waals surface area contributed by atoms with Crippen LogP contribution < -0.4 is 25.0 Å². The molecule has 8 nitrogen and oxygen atoms in total. The number of piperazine rings is 1. The number of hydrogen-bond acceptors (Lipinski definition) is 6. The lowest BCUT2D eigenvalue weighted by molar-refractivity contribution is -0.131. The van der Waals surface area contributed by atoms with E-state index in [2.05, 4.69) is 15.5 Å². The molecule has 33 heavy (non-hydrogen) atoms. The summed E-state index contributed by atoms with van der Waals surface area (Å²) in [4.78, 5) is 28.8. The molecule has 0 bridgehead atoms. The number of nitrogens with zero attached hydrogens (tertiary/aromatic N) is 2. The zero-order valence-electron chi connectivity index (χ0n) is 19.2. The average Bonchev–Trinajstić information content (AvgIpc) is 2.84. The second-order valence-electron chi connectivity index (χ2n) is 7.64. The maximum atomic E-state index is 12.5. The number of nitrogens with one attached hydrogen (secondary N) is 2. The molecule has 176 valence electrons. The summed E-state index contributed by atoms with van der Waals surface area (Å²) in [5, 5.41) is 5.91. The molecular formula is C24H30N4O4S. The smallest absolute Gasteiger partial charge is 0.257 e. The Bertz CT molecular complexity index is 988. The fourth-order valence-corrected chi connectivity index (χ4v) is 3.87. The molecule has 3 rings (SSSR count). The fraction of sp³-hybridized carbons (Fsp3) is 0.375.